The standard InChI is InChI=1S/C20H13Cl2NO4/c21-14-10-15(22)19(26)16(18(14)25)20(27)23-13-8-6-12(7-9-13)17(24)11-4-2-1-3-5-11/h1-10,25-26H,(H,23,27). The van der Waals surface area contributed by atoms with E-state index in [1.165, 1.54) is 12.1 Å². The number of anilines is 1. The molecule has 0 atom stereocenters. The molecule has 0 aliphatic carbocycles. The Morgan fingerprint density at radius 1 is 0.778 bits per heavy atom. The number of carbonyl (C=O) groups is 2. The van der Waals surface area contributed by atoms with Gasteiger partial charge in [0, 0.05) is 16.8 Å². The molecule has 0 aromatic heterocycles. The molecule has 7 heteroatoms. The zero-order chi connectivity index (χ0) is 19.6. The highest BCUT2D eigenvalue weighted by molar-refractivity contribution is 6.37. The fourth-order valence-corrected chi connectivity index (χ4v) is 2.93. The van der Waals surface area contributed by atoms with Crippen molar-refractivity contribution >= 4 is 40.6 Å². The Morgan fingerprint density at radius 2 is 1.30 bits per heavy atom. The minimum absolute atomic E-state index is 0.148. The number of hydrogen-bond donors (Lipinski definition) is 3. The third-order valence-corrected chi connectivity index (χ3v) is 4.42. The van der Waals surface area contributed by atoms with Crippen molar-refractivity contribution in [3.8, 4) is 11.5 Å². The van der Waals surface area contributed by atoms with Gasteiger partial charge in [0.15, 0.2) is 17.3 Å². The summed E-state index contributed by atoms with van der Waals surface area (Å²) >= 11 is 11.6. The van der Waals surface area contributed by atoms with Crippen molar-refractivity contribution in [1.29, 1.82) is 0 Å². The van der Waals surface area contributed by atoms with Crippen molar-refractivity contribution in [2.24, 2.45) is 0 Å². The lowest BCUT2D eigenvalue weighted by atomic mass is 10.0. The molecular weight excluding hydrogens is 389 g/mol. The third kappa shape index (κ3) is 3.89. The van der Waals surface area contributed by atoms with Crippen LogP contribution >= 0.6 is 23.2 Å². The maximum Gasteiger partial charge on any atom is 0.263 e. The second-order valence-corrected chi connectivity index (χ2v) is 6.45. The fraction of sp³-hybridized carbons (Fsp3) is 0. The molecule has 136 valence electrons. The molecule has 0 fully saturated rings. The number of phenolic OH excluding ortho intramolecular Hbond substituents is 2. The summed E-state index contributed by atoms with van der Waals surface area (Å²) in [5.74, 6) is -2.10. The van der Waals surface area contributed by atoms with Gasteiger partial charge in [-0.3, -0.25) is 9.59 Å². The Morgan fingerprint density at radius 3 is 1.85 bits per heavy atom. The number of aromatic hydroxyl groups is 2. The Hall–Kier alpha value is -3.02. The predicted octanol–water partition coefficient (Wildman–Crippen LogP) is 4.89. The van der Waals surface area contributed by atoms with Gasteiger partial charge in [0.05, 0.1) is 10.0 Å². The van der Waals surface area contributed by atoms with Crippen molar-refractivity contribution in [2.75, 3.05) is 5.32 Å². The molecule has 0 spiro atoms. The normalized spacial score (nSPS) is 10.4. The van der Waals surface area contributed by atoms with Crippen molar-refractivity contribution < 1.29 is 19.8 Å². The van der Waals surface area contributed by atoms with Crippen LogP contribution in [0.25, 0.3) is 0 Å². The van der Waals surface area contributed by atoms with Gasteiger partial charge in [0.2, 0.25) is 0 Å². The predicted molar refractivity (Wildman–Crippen MR) is 104 cm³/mol. The molecule has 1 amide bonds. The molecule has 0 radical (unpaired) electrons. The van der Waals surface area contributed by atoms with Gasteiger partial charge < -0.3 is 15.5 Å². The number of carbonyl (C=O) groups excluding carboxylic acids is 2. The number of hydrogen-bond acceptors (Lipinski definition) is 4. The lowest BCUT2D eigenvalue weighted by molar-refractivity contribution is 0.101. The lowest BCUT2D eigenvalue weighted by Crippen LogP contribution is -2.13. The van der Waals surface area contributed by atoms with Gasteiger partial charge in [-0.05, 0) is 30.3 Å². The van der Waals surface area contributed by atoms with Crippen LogP contribution in [0.5, 0.6) is 11.5 Å². The maximum atomic E-state index is 12.4. The second kappa shape index (κ2) is 7.70. The Balaban J connectivity index is 1.82. The van der Waals surface area contributed by atoms with Crippen LogP contribution in [0.2, 0.25) is 10.0 Å². The van der Waals surface area contributed by atoms with Crippen LogP contribution in [0.15, 0.2) is 60.7 Å². The van der Waals surface area contributed by atoms with Crippen molar-refractivity contribution in [2.45, 2.75) is 0 Å². The average molecular weight is 402 g/mol. The smallest absolute Gasteiger partial charge is 0.263 e. The van der Waals surface area contributed by atoms with Gasteiger partial charge >= 0.3 is 0 Å². The van der Waals surface area contributed by atoms with Crippen LogP contribution in [-0.2, 0) is 0 Å². The highest BCUT2D eigenvalue weighted by Crippen LogP contribution is 2.39. The summed E-state index contributed by atoms with van der Waals surface area (Å²) in [6, 6.07) is 16.1. The highest BCUT2D eigenvalue weighted by atomic mass is 35.5. The first-order valence-electron chi connectivity index (χ1n) is 7.79. The summed E-state index contributed by atoms with van der Waals surface area (Å²) in [7, 11) is 0. The molecule has 0 bridgehead atoms. The highest BCUT2D eigenvalue weighted by Gasteiger charge is 2.22. The first-order chi connectivity index (χ1) is 12.9. The minimum Gasteiger partial charge on any atom is -0.505 e. The fourth-order valence-electron chi connectivity index (χ4n) is 2.47. The van der Waals surface area contributed by atoms with E-state index in [1.54, 1.807) is 36.4 Å². The van der Waals surface area contributed by atoms with Gasteiger partial charge in [-0.2, -0.15) is 0 Å². The van der Waals surface area contributed by atoms with E-state index in [1.807, 2.05) is 6.07 Å². The Kier molecular flexibility index (Phi) is 5.35. The van der Waals surface area contributed by atoms with Gasteiger partial charge in [-0.1, -0.05) is 53.5 Å². The summed E-state index contributed by atoms with van der Waals surface area (Å²) in [4.78, 5) is 24.8. The number of rotatable bonds is 4. The quantitative estimate of drug-likeness (QED) is 0.543. The Labute approximate surface area is 164 Å². The van der Waals surface area contributed by atoms with Gasteiger partial charge in [-0.25, -0.2) is 0 Å². The monoisotopic (exact) mass is 401 g/mol. The van der Waals surface area contributed by atoms with Crippen LogP contribution in [0, 0.1) is 0 Å². The molecule has 3 rings (SSSR count). The molecule has 0 unspecified atom stereocenters. The molecule has 0 heterocycles. The molecular formula is C20H13Cl2NO4. The number of phenols is 2. The van der Waals surface area contributed by atoms with Crippen LogP contribution < -0.4 is 5.32 Å². The van der Waals surface area contributed by atoms with Gasteiger partial charge in [-0.15, -0.1) is 0 Å². The van der Waals surface area contributed by atoms with E-state index in [0.29, 0.717) is 16.8 Å². The maximum absolute atomic E-state index is 12.4. The molecule has 5 nitrogen and oxygen atoms in total. The van der Waals surface area contributed by atoms with E-state index < -0.39 is 23.0 Å². The van der Waals surface area contributed by atoms with E-state index in [4.69, 9.17) is 23.2 Å². The molecule has 3 N–H and O–H groups in total. The summed E-state index contributed by atoms with van der Waals surface area (Å²) < 4.78 is 0. The number of nitrogens with one attached hydrogen (secondary N) is 1. The molecule has 0 saturated carbocycles. The lowest BCUT2D eigenvalue weighted by Gasteiger charge is -2.11. The minimum atomic E-state index is -0.795. The largest absolute Gasteiger partial charge is 0.505 e. The van der Waals surface area contributed by atoms with Crippen LogP contribution in [0.4, 0.5) is 5.69 Å². The topological polar surface area (TPSA) is 86.6 Å². The molecule has 0 aliphatic rings. The van der Waals surface area contributed by atoms with Crippen LogP contribution in [-0.4, -0.2) is 21.9 Å². The van der Waals surface area contributed by atoms with Gasteiger partial charge in [0.1, 0.15) is 5.56 Å². The summed E-state index contributed by atoms with van der Waals surface area (Å²) in [6.07, 6.45) is 0. The van der Waals surface area contributed by atoms with E-state index in [2.05, 4.69) is 5.32 Å². The summed E-state index contributed by atoms with van der Waals surface area (Å²) in [5.41, 5.74) is 0.935. The molecule has 27 heavy (non-hydrogen) atoms. The van der Waals surface area contributed by atoms with Crippen LogP contribution in [0.1, 0.15) is 26.3 Å². The number of amides is 1. The third-order valence-electron chi connectivity index (χ3n) is 3.85. The number of ketones is 1. The molecule has 3 aromatic rings. The zero-order valence-corrected chi connectivity index (χ0v) is 15.3. The van der Waals surface area contributed by atoms with Crippen molar-refractivity contribution in [1.82, 2.24) is 0 Å². The first-order valence-corrected chi connectivity index (χ1v) is 8.55. The van der Waals surface area contributed by atoms with E-state index in [0.717, 1.165) is 6.07 Å². The molecule has 0 aliphatic heterocycles. The summed E-state index contributed by atoms with van der Waals surface area (Å²) in [5, 5.41) is 22.1. The number of benzene rings is 3. The van der Waals surface area contributed by atoms with Crippen molar-refractivity contribution in [3.63, 3.8) is 0 Å². The van der Waals surface area contributed by atoms with Gasteiger partial charge in [0.25, 0.3) is 5.91 Å². The van der Waals surface area contributed by atoms with E-state index in [9.17, 15) is 19.8 Å². The van der Waals surface area contributed by atoms with Crippen molar-refractivity contribution in [3.05, 3.63) is 87.4 Å². The molecule has 3 aromatic carbocycles. The summed E-state index contributed by atoms with van der Waals surface area (Å²) in [6.45, 7) is 0. The zero-order valence-electron chi connectivity index (χ0n) is 13.7. The second-order valence-electron chi connectivity index (χ2n) is 5.64. The van der Waals surface area contributed by atoms with E-state index in [-0.39, 0.29) is 15.8 Å². The first kappa shape index (κ1) is 18.8. The van der Waals surface area contributed by atoms with E-state index >= 15 is 0 Å². The number of halogens is 2. The SMILES string of the molecule is O=C(c1ccccc1)c1ccc(NC(=O)c2c(O)c(Cl)cc(Cl)c2O)cc1. The molecule has 0 saturated heterocycles. The van der Waals surface area contributed by atoms with Crippen LogP contribution in [0.3, 0.4) is 0 Å². The Bertz CT molecular complexity index is 992. The average Bonchev–Trinajstić information content (AvgIpc) is 2.67.